The Bertz CT molecular complexity index is 1030. The molecule has 0 fully saturated rings. The van der Waals surface area contributed by atoms with Gasteiger partial charge in [-0.25, -0.2) is 17.2 Å². The van der Waals surface area contributed by atoms with Crippen LogP contribution in [0.1, 0.15) is 0 Å². The summed E-state index contributed by atoms with van der Waals surface area (Å²) in [6, 6.07) is 2.09. The number of halogens is 3. The maximum Gasteiger partial charge on any atom is 0.258 e. The van der Waals surface area contributed by atoms with Crippen LogP contribution >= 0.6 is 15.9 Å². The number of rotatable bonds is 2. The number of benzene rings is 1. The van der Waals surface area contributed by atoms with Gasteiger partial charge in [-0.15, -0.1) is 5.10 Å². The fourth-order valence-electron chi connectivity index (χ4n) is 1.81. The van der Waals surface area contributed by atoms with E-state index in [9.17, 15) is 17.2 Å². The van der Waals surface area contributed by atoms with Crippen LogP contribution in [0.5, 0.6) is 0 Å². The maximum absolute atomic E-state index is 14.0. The predicted molar refractivity (Wildman–Crippen MR) is 79.2 cm³/mol. The first-order chi connectivity index (χ1) is 10.7. The van der Waals surface area contributed by atoms with E-state index in [2.05, 4.69) is 36.0 Å². The van der Waals surface area contributed by atoms with E-state index >= 15 is 0 Å². The third-order valence-corrected chi connectivity index (χ3v) is 4.08. The number of nitrogens with zero attached hydrogens (tertiary/aromatic N) is 5. The van der Waals surface area contributed by atoms with Crippen molar-refractivity contribution >= 4 is 37.5 Å². The molecule has 0 atom stereocenters. The summed E-state index contributed by atoms with van der Waals surface area (Å²) in [6.45, 7) is 0. The van der Waals surface area contributed by atoms with Crippen LogP contribution < -0.4 is 5.73 Å². The molecule has 0 aliphatic heterocycles. The SMILES string of the molecule is CS(=O)(=O)c1nc(N)n2nc(-c3c(F)cc(Br)cc3F)nc2n1. The average molecular weight is 405 g/mol. The number of nitrogens with two attached hydrogens (primary N) is 1. The Morgan fingerprint density at radius 2 is 1.78 bits per heavy atom. The molecule has 0 saturated heterocycles. The summed E-state index contributed by atoms with van der Waals surface area (Å²) in [4.78, 5) is 11.1. The van der Waals surface area contributed by atoms with Crippen LogP contribution in [0.3, 0.4) is 0 Å². The van der Waals surface area contributed by atoms with Crippen molar-refractivity contribution in [3.05, 3.63) is 28.2 Å². The number of fused-ring (bicyclic) bond motifs is 1. The van der Waals surface area contributed by atoms with Crippen LogP contribution in [0.4, 0.5) is 14.7 Å². The molecule has 0 aliphatic rings. The third-order valence-electron chi connectivity index (χ3n) is 2.78. The molecule has 0 unspecified atom stereocenters. The molecule has 8 nitrogen and oxygen atoms in total. The highest BCUT2D eigenvalue weighted by molar-refractivity contribution is 9.10. The lowest BCUT2D eigenvalue weighted by atomic mass is 10.2. The first-order valence-electron chi connectivity index (χ1n) is 5.92. The van der Waals surface area contributed by atoms with Gasteiger partial charge < -0.3 is 5.73 Å². The van der Waals surface area contributed by atoms with Gasteiger partial charge in [-0.2, -0.15) is 19.5 Å². The minimum absolute atomic E-state index is 0.207. The topological polar surface area (TPSA) is 116 Å². The van der Waals surface area contributed by atoms with Crippen LogP contribution in [0, 0.1) is 11.6 Å². The van der Waals surface area contributed by atoms with Crippen molar-refractivity contribution in [2.45, 2.75) is 5.16 Å². The Morgan fingerprint density at radius 3 is 2.35 bits per heavy atom. The lowest BCUT2D eigenvalue weighted by Crippen LogP contribution is -2.11. The summed E-state index contributed by atoms with van der Waals surface area (Å²) < 4.78 is 52.0. The van der Waals surface area contributed by atoms with E-state index in [1.807, 2.05) is 0 Å². The second-order valence-corrected chi connectivity index (χ2v) is 7.35. The highest BCUT2D eigenvalue weighted by atomic mass is 79.9. The summed E-state index contributed by atoms with van der Waals surface area (Å²) in [5.74, 6) is -2.70. The van der Waals surface area contributed by atoms with Gasteiger partial charge >= 0.3 is 0 Å². The van der Waals surface area contributed by atoms with Crippen LogP contribution in [0.2, 0.25) is 0 Å². The van der Waals surface area contributed by atoms with Crippen molar-refractivity contribution in [1.29, 1.82) is 0 Å². The van der Waals surface area contributed by atoms with Gasteiger partial charge in [0, 0.05) is 10.7 Å². The van der Waals surface area contributed by atoms with Crippen molar-refractivity contribution in [2.24, 2.45) is 0 Å². The summed E-state index contributed by atoms with van der Waals surface area (Å²) in [6.07, 6.45) is 0.892. The number of aromatic nitrogens is 5. The molecular formula is C11H7BrF2N6O2S. The van der Waals surface area contributed by atoms with Crippen molar-refractivity contribution in [1.82, 2.24) is 24.6 Å². The van der Waals surface area contributed by atoms with Gasteiger partial charge in [0.25, 0.3) is 10.9 Å². The molecular weight excluding hydrogens is 398 g/mol. The summed E-state index contributed by atoms with van der Waals surface area (Å²) in [5.41, 5.74) is 5.11. The van der Waals surface area contributed by atoms with Gasteiger partial charge in [0.1, 0.15) is 11.6 Å². The Labute approximate surface area is 136 Å². The maximum atomic E-state index is 14.0. The normalized spacial score (nSPS) is 12.0. The van der Waals surface area contributed by atoms with Crippen molar-refractivity contribution in [3.63, 3.8) is 0 Å². The fourth-order valence-corrected chi connectivity index (χ4v) is 2.72. The number of anilines is 1. The van der Waals surface area contributed by atoms with Crippen LogP contribution in [-0.2, 0) is 9.84 Å². The number of sulfone groups is 1. The molecule has 0 amide bonds. The van der Waals surface area contributed by atoms with E-state index in [1.165, 1.54) is 0 Å². The number of hydrogen-bond acceptors (Lipinski definition) is 7. The minimum Gasteiger partial charge on any atom is -0.368 e. The van der Waals surface area contributed by atoms with E-state index < -0.39 is 32.2 Å². The van der Waals surface area contributed by atoms with E-state index in [4.69, 9.17) is 5.73 Å². The van der Waals surface area contributed by atoms with Gasteiger partial charge in [-0.3, -0.25) is 0 Å². The predicted octanol–water partition coefficient (Wildman–Crippen LogP) is 1.21. The van der Waals surface area contributed by atoms with E-state index in [0.717, 1.165) is 22.9 Å². The van der Waals surface area contributed by atoms with Gasteiger partial charge in [0.15, 0.2) is 5.82 Å². The van der Waals surface area contributed by atoms with E-state index in [0.29, 0.717) is 0 Å². The summed E-state index contributed by atoms with van der Waals surface area (Å²) in [5, 5.41) is 3.27. The molecule has 2 N–H and O–H groups in total. The monoisotopic (exact) mass is 404 g/mol. The number of nitrogen functional groups attached to an aromatic ring is 1. The first-order valence-corrected chi connectivity index (χ1v) is 8.60. The largest absolute Gasteiger partial charge is 0.368 e. The van der Waals surface area contributed by atoms with Gasteiger partial charge in [0.2, 0.25) is 15.8 Å². The molecule has 3 rings (SSSR count). The second kappa shape index (κ2) is 5.16. The molecule has 2 aromatic heterocycles. The quantitative estimate of drug-likeness (QED) is 0.681. The average Bonchev–Trinajstić information content (AvgIpc) is 2.80. The molecule has 0 bridgehead atoms. The molecule has 0 aliphatic carbocycles. The molecule has 3 aromatic rings. The zero-order valence-corrected chi connectivity index (χ0v) is 13.7. The van der Waals surface area contributed by atoms with E-state index in [1.54, 1.807) is 0 Å². The minimum atomic E-state index is -3.73. The fraction of sp³-hybridized carbons (Fsp3) is 0.0909. The van der Waals surface area contributed by atoms with Gasteiger partial charge in [-0.1, -0.05) is 15.9 Å². The van der Waals surface area contributed by atoms with Crippen molar-refractivity contribution < 1.29 is 17.2 Å². The molecule has 12 heteroatoms. The first kappa shape index (κ1) is 15.7. The van der Waals surface area contributed by atoms with Crippen molar-refractivity contribution in [2.75, 3.05) is 12.0 Å². The summed E-state index contributed by atoms with van der Waals surface area (Å²) >= 11 is 2.96. The zero-order valence-electron chi connectivity index (χ0n) is 11.3. The lowest BCUT2D eigenvalue weighted by Gasteiger charge is -2.01. The molecule has 1 aromatic carbocycles. The van der Waals surface area contributed by atoms with E-state index in [-0.39, 0.29) is 22.0 Å². The Kier molecular flexibility index (Phi) is 3.52. The second-order valence-electron chi connectivity index (χ2n) is 4.53. The molecule has 120 valence electrons. The summed E-state index contributed by atoms with van der Waals surface area (Å²) in [7, 11) is -3.73. The van der Waals surface area contributed by atoms with Crippen LogP contribution in [0.25, 0.3) is 17.2 Å². The standard InChI is InChI=1S/C11H7BrF2N6O2S/c1-23(21,22)11-17-9(15)20-10(18-11)16-8(19-20)7-5(13)2-4(12)3-6(7)14/h2-3H,1H3,(H2,15,16,17,18,19). The van der Waals surface area contributed by atoms with Crippen LogP contribution in [0.15, 0.2) is 21.8 Å². The van der Waals surface area contributed by atoms with Crippen molar-refractivity contribution in [3.8, 4) is 11.4 Å². The molecule has 23 heavy (non-hydrogen) atoms. The highest BCUT2D eigenvalue weighted by Gasteiger charge is 2.21. The Balaban J connectivity index is 2.28. The Hall–Kier alpha value is -2.21. The molecule has 0 spiro atoms. The molecule has 2 heterocycles. The third kappa shape index (κ3) is 2.74. The zero-order chi connectivity index (χ0) is 16.9. The smallest absolute Gasteiger partial charge is 0.258 e. The molecule has 0 radical (unpaired) electrons. The lowest BCUT2D eigenvalue weighted by molar-refractivity contribution is 0.586. The molecule has 0 saturated carbocycles. The highest BCUT2D eigenvalue weighted by Crippen LogP contribution is 2.27. The van der Waals surface area contributed by atoms with Gasteiger partial charge in [0.05, 0.1) is 5.56 Å². The van der Waals surface area contributed by atoms with Crippen LogP contribution in [-0.4, -0.2) is 39.2 Å². The Morgan fingerprint density at radius 1 is 1.17 bits per heavy atom. The number of hydrogen-bond donors (Lipinski definition) is 1. The van der Waals surface area contributed by atoms with Gasteiger partial charge in [-0.05, 0) is 12.1 Å².